The standard InChI is InChI=1S/C11H12Cl2O4/c12-2-1-9(15)11(17)8-4-7(13)3-6(5-14)10(8)16/h3-5,9,11,15-17H,1-2H2. The second-order valence-corrected chi connectivity index (χ2v) is 4.35. The number of carbonyl (C=O) groups is 1. The summed E-state index contributed by atoms with van der Waals surface area (Å²) in [4.78, 5) is 10.7. The molecule has 0 saturated carbocycles. The van der Waals surface area contributed by atoms with Gasteiger partial charge >= 0.3 is 0 Å². The Morgan fingerprint density at radius 2 is 2.00 bits per heavy atom. The van der Waals surface area contributed by atoms with Crippen molar-refractivity contribution in [2.45, 2.75) is 18.6 Å². The van der Waals surface area contributed by atoms with Gasteiger partial charge in [-0.3, -0.25) is 4.79 Å². The van der Waals surface area contributed by atoms with Crippen LogP contribution in [0.5, 0.6) is 5.75 Å². The van der Waals surface area contributed by atoms with Gasteiger partial charge in [0.1, 0.15) is 11.9 Å². The molecule has 17 heavy (non-hydrogen) atoms. The Labute approximate surface area is 108 Å². The molecule has 94 valence electrons. The summed E-state index contributed by atoms with van der Waals surface area (Å²) >= 11 is 11.2. The van der Waals surface area contributed by atoms with E-state index in [4.69, 9.17) is 23.2 Å². The van der Waals surface area contributed by atoms with Crippen molar-refractivity contribution in [3.63, 3.8) is 0 Å². The minimum atomic E-state index is -1.34. The van der Waals surface area contributed by atoms with Crippen LogP contribution in [0, 0.1) is 0 Å². The molecule has 0 aliphatic carbocycles. The van der Waals surface area contributed by atoms with E-state index in [-0.39, 0.29) is 34.2 Å². The van der Waals surface area contributed by atoms with Crippen LogP contribution >= 0.6 is 23.2 Å². The van der Waals surface area contributed by atoms with Crippen LogP contribution in [0.3, 0.4) is 0 Å². The van der Waals surface area contributed by atoms with Gasteiger partial charge < -0.3 is 15.3 Å². The Morgan fingerprint density at radius 3 is 2.53 bits per heavy atom. The summed E-state index contributed by atoms with van der Waals surface area (Å²) in [6, 6.07) is 2.57. The molecule has 0 radical (unpaired) electrons. The van der Waals surface area contributed by atoms with Gasteiger partial charge in [0, 0.05) is 16.5 Å². The molecule has 0 saturated heterocycles. The Hall–Kier alpha value is -0.810. The van der Waals surface area contributed by atoms with Gasteiger partial charge in [0.2, 0.25) is 0 Å². The molecule has 0 aromatic heterocycles. The molecule has 0 fully saturated rings. The molecule has 4 nitrogen and oxygen atoms in total. The number of alkyl halides is 1. The van der Waals surface area contributed by atoms with Crippen LogP contribution in [0.15, 0.2) is 12.1 Å². The van der Waals surface area contributed by atoms with Gasteiger partial charge in [0.05, 0.1) is 11.7 Å². The smallest absolute Gasteiger partial charge is 0.153 e. The molecule has 0 aliphatic rings. The fourth-order valence-electron chi connectivity index (χ4n) is 1.43. The predicted molar refractivity (Wildman–Crippen MR) is 64.8 cm³/mol. The molecule has 0 heterocycles. The maximum Gasteiger partial charge on any atom is 0.153 e. The molecule has 0 bridgehead atoms. The average molecular weight is 279 g/mol. The van der Waals surface area contributed by atoms with Crippen molar-refractivity contribution in [1.29, 1.82) is 0 Å². The van der Waals surface area contributed by atoms with E-state index in [0.717, 1.165) is 0 Å². The molecular weight excluding hydrogens is 267 g/mol. The van der Waals surface area contributed by atoms with Gasteiger partial charge in [-0.25, -0.2) is 0 Å². The van der Waals surface area contributed by atoms with Crippen LogP contribution in [0.25, 0.3) is 0 Å². The van der Waals surface area contributed by atoms with E-state index in [1.54, 1.807) is 0 Å². The van der Waals surface area contributed by atoms with E-state index < -0.39 is 12.2 Å². The van der Waals surface area contributed by atoms with Gasteiger partial charge in [0.25, 0.3) is 0 Å². The predicted octanol–water partition coefficient (Wildman–Crippen LogP) is 1.88. The number of aldehydes is 1. The van der Waals surface area contributed by atoms with Crippen molar-refractivity contribution in [3.05, 3.63) is 28.3 Å². The zero-order chi connectivity index (χ0) is 13.0. The van der Waals surface area contributed by atoms with Gasteiger partial charge in [-0.2, -0.15) is 0 Å². The third-order valence-electron chi connectivity index (χ3n) is 2.35. The van der Waals surface area contributed by atoms with Crippen molar-refractivity contribution in [3.8, 4) is 5.75 Å². The van der Waals surface area contributed by atoms with E-state index in [2.05, 4.69) is 0 Å². The molecule has 0 amide bonds. The van der Waals surface area contributed by atoms with Gasteiger partial charge in [-0.1, -0.05) is 11.6 Å². The monoisotopic (exact) mass is 278 g/mol. The van der Waals surface area contributed by atoms with Crippen molar-refractivity contribution in [2.75, 3.05) is 5.88 Å². The molecular formula is C11H12Cl2O4. The number of phenolic OH excluding ortho intramolecular Hbond substituents is 1. The first-order chi connectivity index (χ1) is 8.01. The lowest BCUT2D eigenvalue weighted by Crippen LogP contribution is -2.19. The average Bonchev–Trinajstić information content (AvgIpc) is 2.31. The molecule has 1 aromatic carbocycles. The molecule has 6 heteroatoms. The quantitative estimate of drug-likeness (QED) is 0.568. The Morgan fingerprint density at radius 1 is 1.35 bits per heavy atom. The molecule has 3 N–H and O–H groups in total. The summed E-state index contributed by atoms with van der Waals surface area (Å²) in [6.07, 6.45) is -1.89. The number of aliphatic hydroxyl groups excluding tert-OH is 2. The summed E-state index contributed by atoms with van der Waals surface area (Å²) in [5, 5.41) is 29.3. The second-order valence-electron chi connectivity index (χ2n) is 3.54. The van der Waals surface area contributed by atoms with E-state index in [0.29, 0.717) is 6.29 Å². The lowest BCUT2D eigenvalue weighted by Gasteiger charge is -2.19. The number of phenols is 1. The molecule has 0 aliphatic heterocycles. The van der Waals surface area contributed by atoms with Crippen molar-refractivity contribution >= 4 is 29.5 Å². The lowest BCUT2D eigenvalue weighted by atomic mass is 9.99. The summed E-state index contributed by atoms with van der Waals surface area (Å²) in [5.41, 5.74) is -0.0261. The van der Waals surface area contributed by atoms with Crippen LogP contribution in [0.4, 0.5) is 0 Å². The van der Waals surface area contributed by atoms with Crippen LogP contribution in [0.2, 0.25) is 5.02 Å². The number of hydrogen-bond donors (Lipinski definition) is 3. The fraction of sp³-hybridized carbons (Fsp3) is 0.364. The van der Waals surface area contributed by atoms with Crippen LogP contribution in [-0.4, -0.2) is 33.6 Å². The Balaban J connectivity index is 3.12. The first-order valence-electron chi connectivity index (χ1n) is 4.91. The summed E-state index contributed by atoms with van der Waals surface area (Å²) in [6.45, 7) is 0. The number of aliphatic hydroxyl groups is 2. The van der Waals surface area contributed by atoms with Crippen molar-refractivity contribution in [1.82, 2.24) is 0 Å². The molecule has 2 unspecified atom stereocenters. The highest BCUT2D eigenvalue weighted by atomic mass is 35.5. The largest absolute Gasteiger partial charge is 0.507 e. The molecule has 2 atom stereocenters. The zero-order valence-electron chi connectivity index (χ0n) is 8.81. The van der Waals surface area contributed by atoms with E-state index in [9.17, 15) is 20.1 Å². The van der Waals surface area contributed by atoms with Crippen molar-refractivity contribution in [2.24, 2.45) is 0 Å². The third-order valence-corrected chi connectivity index (χ3v) is 2.79. The minimum Gasteiger partial charge on any atom is -0.507 e. The first kappa shape index (κ1) is 14.3. The van der Waals surface area contributed by atoms with Gasteiger partial charge in [0.15, 0.2) is 6.29 Å². The highest BCUT2D eigenvalue weighted by molar-refractivity contribution is 6.31. The minimum absolute atomic E-state index is 0.0113. The summed E-state index contributed by atoms with van der Waals surface area (Å²) in [7, 11) is 0. The zero-order valence-corrected chi connectivity index (χ0v) is 10.3. The fourth-order valence-corrected chi connectivity index (χ4v) is 1.89. The van der Waals surface area contributed by atoms with Gasteiger partial charge in [-0.15, -0.1) is 11.6 Å². The molecule has 1 aromatic rings. The van der Waals surface area contributed by atoms with Gasteiger partial charge in [-0.05, 0) is 18.6 Å². The molecule has 1 rings (SSSR count). The van der Waals surface area contributed by atoms with E-state index in [1.165, 1.54) is 12.1 Å². The van der Waals surface area contributed by atoms with Crippen LogP contribution in [-0.2, 0) is 0 Å². The lowest BCUT2D eigenvalue weighted by molar-refractivity contribution is 0.0156. The molecule has 0 spiro atoms. The Bertz CT molecular complexity index is 409. The number of carbonyl (C=O) groups excluding carboxylic acids is 1. The second kappa shape index (κ2) is 6.21. The number of halogens is 2. The summed E-state index contributed by atoms with van der Waals surface area (Å²) < 4.78 is 0. The SMILES string of the molecule is O=Cc1cc(Cl)cc(C(O)C(O)CCCl)c1O. The summed E-state index contributed by atoms with van der Waals surface area (Å²) in [5.74, 6) is -0.217. The maximum absolute atomic E-state index is 10.7. The van der Waals surface area contributed by atoms with E-state index >= 15 is 0 Å². The maximum atomic E-state index is 10.7. The topological polar surface area (TPSA) is 77.8 Å². The number of hydrogen-bond acceptors (Lipinski definition) is 4. The normalized spacial score (nSPS) is 14.4. The third kappa shape index (κ3) is 3.33. The highest BCUT2D eigenvalue weighted by Crippen LogP contribution is 2.33. The van der Waals surface area contributed by atoms with Crippen LogP contribution in [0.1, 0.15) is 28.4 Å². The van der Waals surface area contributed by atoms with Crippen molar-refractivity contribution < 1.29 is 20.1 Å². The van der Waals surface area contributed by atoms with E-state index in [1.807, 2.05) is 0 Å². The Kier molecular flexibility index (Phi) is 5.21. The number of rotatable bonds is 5. The number of aromatic hydroxyl groups is 1. The van der Waals surface area contributed by atoms with Crippen LogP contribution < -0.4 is 0 Å². The number of benzene rings is 1. The highest BCUT2D eigenvalue weighted by Gasteiger charge is 2.23. The first-order valence-corrected chi connectivity index (χ1v) is 5.82.